The smallest absolute Gasteiger partial charge is 0.313 e. The molecule has 2 aliphatic heterocycles. The number of nitrogens with zero attached hydrogens (tertiary/aromatic N) is 1. The van der Waals surface area contributed by atoms with Crippen LogP contribution in [-0.2, 0) is 9.59 Å². The maximum atomic E-state index is 12.5. The standard InChI is InChI=1S/C22H27N3O4S/c26-21(22(27)24-17-5-6-19-20(13-17)29-11-10-28-19)23-14-18(16-7-12-30-15-16)25-8-3-1-2-4-9-25/h5-7,12-13,15,18H,1-4,8-11,14H2,(H,23,26)(H,24,27)/t18-/m0/s1. The van der Waals surface area contributed by atoms with Crippen molar-refractivity contribution in [3.8, 4) is 11.5 Å². The molecule has 1 saturated heterocycles. The molecule has 8 heteroatoms. The first-order valence-electron chi connectivity index (χ1n) is 10.5. The van der Waals surface area contributed by atoms with E-state index >= 15 is 0 Å². The minimum Gasteiger partial charge on any atom is -0.486 e. The van der Waals surface area contributed by atoms with Gasteiger partial charge in [0.25, 0.3) is 0 Å². The summed E-state index contributed by atoms with van der Waals surface area (Å²) >= 11 is 1.65. The number of fused-ring (bicyclic) bond motifs is 1. The highest BCUT2D eigenvalue weighted by molar-refractivity contribution is 7.08. The molecule has 0 spiro atoms. The molecule has 1 aromatic carbocycles. The molecule has 2 amide bonds. The number of carbonyl (C=O) groups excluding carboxylic acids is 2. The molecule has 7 nitrogen and oxygen atoms in total. The fourth-order valence-electron chi connectivity index (χ4n) is 3.91. The summed E-state index contributed by atoms with van der Waals surface area (Å²) in [6, 6.07) is 7.28. The number of nitrogens with one attached hydrogen (secondary N) is 2. The summed E-state index contributed by atoms with van der Waals surface area (Å²) < 4.78 is 11.0. The first-order valence-corrected chi connectivity index (χ1v) is 11.4. The SMILES string of the molecule is O=C(NC[C@@H](c1ccsc1)N1CCCCCC1)C(=O)Nc1ccc2c(c1)OCCO2. The lowest BCUT2D eigenvalue weighted by Gasteiger charge is -2.30. The van der Waals surface area contributed by atoms with Gasteiger partial charge < -0.3 is 20.1 Å². The zero-order valence-corrected chi connectivity index (χ0v) is 17.7. The van der Waals surface area contributed by atoms with Crippen LogP contribution in [-0.4, -0.2) is 49.6 Å². The van der Waals surface area contributed by atoms with Crippen LogP contribution < -0.4 is 20.1 Å². The zero-order chi connectivity index (χ0) is 20.8. The Bertz CT molecular complexity index is 863. The molecule has 3 heterocycles. The Morgan fingerprint density at radius 3 is 2.50 bits per heavy atom. The van der Waals surface area contributed by atoms with Gasteiger partial charge in [-0.05, 0) is 60.5 Å². The topological polar surface area (TPSA) is 79.9 Å². The maximum absolute atomic E-state index is 12.5. The van der Waals surface area contributed by atoms with Crippen molar-refractivity contribution in [2.24, 2.45) is 0 Å². The monoisotopic (exact) mass is 429 g/mol. The molecular weight excluding hydrogens is 402 g/mol. The third kappa shape index (κ3) is 5.12. The van der Waals surface area contributed by atoms with Gasteiger partial charge in [-0.15, -0.1) is 0 Å². The van der Waals surface area contributed by atoms with Crippen molar-refractivity contribution >= 4 is 28.8 Å². The molecule has 1 atom stereocenters. The molecule has 2 aromatic rings. The van der Waals surface area contributed by atoms with E-state index in [4.69, 9.17) is 9.47 Å². The van der Waals surface area contributed by atoms with Crippen molar-refractivity contribution in [1.29, 1.82) is 0 Å². The Hall–Kier alpha value is -2.58. The van der Waals surface area contributed by atoms with Crippen LogP contribution in [0.1, 0.15) is 37.3 Å². The van der Waals surface area contributed by atoms with E-state index in [0.29, 0.717) is 36.9 Å². The van der Waals surface area contributed by atoms with Crippen molar-refractivity contribution < 1.29 is 19.1 Å². The average molecular weight is 430 g/mol. The highest BCUT2D eigenvalue weighted by atomic mass is 32.1. The molecule has 1 aromatic heterocycles. The van der Waals surface area contributed by atoms with Crippen LogP contribution in [0.25, 0.3) is 0 Å². The van der Waals surface area contributed by atoms with Gasteiger partial charge in [-0.25, -0.2) is 0 Å². The molecule has 30 heavy (non-hydrogen) atoms. The number of ether oxygens (including phenoxy) is 2. The molecule has 2 aliphatic rings. The van der Waals surface area contributed by atoms with E-state index in [1.54, 1.807) is 29.5 Å². The summed E-state index contributed by atoms with van der Waals surface area (Å²) in [5.41, 5.74) is 1.69. The summed E-state index contributed by atoms with van der Waals surface area (Å²) in [6.45, 7) is 3.40. The Balaban J connectivity index is 1.36. The normalized spacial score (nSPS) is 17.6. The molecule has 0 bridgehead atoms. The van der Waals surface area contributed by atoms with Crippen molar-refractivity contribution in [3.05, 3.63) is 40.6 Å². The Morgan fingerprint density at radius 2 is 1.77 bits per heavy atom. The molecule has 2 N–H and O–H groups in total. The molecule has 0 radical (unpaired) electrons. The number of anilines is 1. The van der Waals surface area contributed by atoms with Gasteiger partial charge in [0.15, 0.2) is 11.5 Å². The minimum atomic E-state index is -0.688. The van der Waals surface area contributed by atoms with Gasteiger partial charge in [0.1, 0.15) is 13.2 Å². The van der Waals surface area contributed by atoms with E-state index in [9.17, 15) is 9.59 Å². The van der Waals surface area contributed by atoms with E-state index in [1.165, 1.54) is 31.2 Å². The van der Waals surface area contributed by atoms with E-state index in [1.807, 2.05) is 0 Å². The highest BCUT2D eigenvalue weighted by Crippen LogP contribution is 2.32. The minimum absolute atomic E-state index is 0.0837. The molecule has 4 rings (SSSR count). The van der Waals surface area contributed by atoms with Gasteiger partial charge in [0.2, 0.25) is 0 Å². The third-order valence-electron chi connectivity index (χ3n) is 5.47. The summed E-state index contributed by atoms with van der Waals surface area (Å²) in [4.78, 5) is 27.3. The van der Waals surface area contributed by atoms with E-state index in [2.05, 4.69) is 32.4 Å². The van der Waals surface area contributed by atoms with Gasteiger partial charge in [0.05, 0.1) is 6.04 Å². The number of hydrogen-bond acceptors (Lipinski definition) is 6. The molecule has 1 fully saturated rings. The van der Waals surface area contributed by atoms with E-state index in [0.717, 1.165) is 13.1 Å². The number of carbonyl (C=O) groups is 2. The largest absolute Gasteiger partial charge is 0.486 e. The molecule has 0 saturated carbocycles. The second-order valence-corrected chi connectivity index (χ2v) is 8.33. The average Bonchev–Trinajstić information content (AvgIpc) is 3.16. The van der Waals surface area contributed by atoms with Gasteiger partial charge >= 0.3 is 11.8 Å². The fourth-order valence-corrected chi connectivity index (χ4v) is 4.61. The lowest BCUT2D eigenvalue weighted by molar-refractivity contribution is -0.136. The Morgan fingerprint density at radius 1 is 1.00 bits per heavy atom. The summed E-state index contributed by atoms with van der Waals surface area (Å²) in [7, 11) is 0. The molecule has 160 valence electrons. The second kappa shape index (κ2) is 9.95. The second-order valence-electron chi connectivity index (χ2n) is 7.55. The van der Waals surface area contributed by atoms with Crippen molar-refractivity contribution in [2.45, 2.75) is 31.7 Å². The molecular formula is C22H27N3O4S. The van der Waals surface area contributed by atoms with Crippen LogP contribution in [0.4, 0.5) is 5.69 Å². The number of likely N-dealkylation sites (tertiary alicyclic amines) is 1. The highest BCUT2D eigenvalue weighted by Gasteiger charge is 2.24. The third-order valence-corrected chi connectivity index (χ3v) is 6.17. The Labute approximate surface area is 180 Å². The number of benzene rings is 1. The summed E-state index contributed by atoms with van der Waals surface area (Å²) in [5.74, 6) is -0.121. The van der Waals surface area contributed by atoms with Gasteiger partial charge in [0, 0.05) is 18.3 Å². The van der Waals surface area contributed by atoms with Crippen LogP contribution in [0.3, 0.4) is 0 Å². The van der Waals surface area contributed by atoms with Crippen LogP contribution in [0, 0.1) is 0 Å². The van der Waals surface area contributed by atoms with Gasteiger partial charge in [-0.3, -0.25) is 14.5 Å². The lowest BCUT2D eigenvalue weighted by Crippen LogP contribution is -2.42. The number of amides is 2. The van der Waals surface area contributed by atoms with Crippen molar-refractivity contribution in [3.63, 3.8) is 0 Å². The fraction of sp³-hybridized carbons (Fsp3) is 0.455. The van der Waals surface area contributed by atoms with Crippen LogP contribution in [0.2, 0.25) is 0 Å². The predicted molar refractivity (Wildman–Crippen MR) is 116 cm³/mol. The zero-order valence-electron chi connectivity index (χ0n) is 16.9. The van der Waals surface area contributed by atoms with E-state index in [-0.39, 0.29) is 6.04 Å². The van der Waals surface area contributed by atoms with Crippen LogP contribution >= 0.6 is 11.3 Å². The number of thiophene rings is 1. The number of hydrogen-bond donors (Lipinski definition) is 2. The Kier molecular flexibility index (Phi) is 6.86. The summed E-state index contributed by atoms with van der Waals surface area (Å²) in [5, 5.41) is 9.64. The van der Waals surface area contributed by atoms with Crippen molar-refractivity contribution in [1.82, 2.24) is 10.2 Å². The number of rotatable bonds is 5. The summed E-state index contributed by atoms with van der Waals surface area (Å²) in [6.07, 6.45) is 4.83. The maximum Gasteiger partial charge on any atom is 0.313 e. The molecule has 0 aliphatic carbocycles. The van der Waals surface area contributed by atoms with Crippen molar-refractivity contribution in [2.75, 3.05) is 38.2 Å². The first kappa shape index (κ1) is 20.7. The quantitative estimate of drug-likeness (QED) is 0.714. The van der Waals surface area contributed by atoms with Crippen LogP contribution in [0.15, 0.2) is 35.0 Å². The van der Waals surface area contributed by atoms with Crippen LogP contribution in [0.5, 0.6) is 11.5 Å². The molecule has 0 unspecified atom stereocenters. The first-order chi connectivity index (χ1) is 14.7. The predicted octanol–water partition coefficient (Wildman–Crippen LogP) is 3.19. The lowest BCUT2D eigenvalue weighted by atomic mass is 10.1. The van der Waals surface area contributed by atoms with Gasteiger partial charge in [-0.1, -0.05) is 12.8 Å². The van der Waals surface area contributed by atoms with E-state index < -0.39 is 11.8 Å². The van der Waals surface area contributed by atoms with Gasteiger partial charge in [-0.2, -0.15) is 11.3 Å².